The maximum Gasteiger partial charge on any atom is 0.166 e. The Labute approximate surface area is 88.3 Å². The van der Waals surface area contributed by atoms with Gasteiger partial charge in [0.15, 0.2) is 6.29 Å². The van der Waals surface area contributed by atoms with Crippen molar-refractivity contribution < 1.29 is 9.53 Å². The third-order valence-electron chi connectivity index (χ3n) is 2.59. The Balaban J connectivity index is 2.80. The third kappa shape index (κ3) is 1.40. The van der Waals surface area contributed by atoms with E-state index in [2.05, 4.69) is 0 Å². The van der Waals surface area contributed by atoms with E-state index in [0.717, 1.165) is 29.5 Å². The average molecular weight is 203 g/mol. The summed E-state index contributed by atoms with van der Waals surface area (Å²) in [5, 5.41) is 0.990. The zero-order valence-corrected chi connectivity index (χ0v) is 8.86. The van der Waals surface area contributed by atoms with Crippen LogP contribution in [0, 0.1) is 0 Å². The van der Waals surface area contributed by atoms with Gasteiger partial charge in [-0.3, -0.25) is 4.79 Å². The van der Waals surface area contributed by atoms with E-state index < -0.39 is 0 Å². The fourth-order valence-corrected chi connectivity index (χ4v) is 1.91. The summed E-state index contributed by atoms with van der Waals surface area (Å²) < 4.78 is 7.23. The molecule has 2 rings (SSSR count). The summed E-state index contributed by atoms with van der Waals surface area (Å²) in [7, 11) is 1.64. The first kappa shape index (κ1) is 9.77. The van der Waals surface area contributed by atoms with Gasteiger partial charge in [-0.05, 0) is 25.1 Å². The van der Waals surface area contributed by atoms with Crippen molar-refractivity contribution in [3.05, 3.63) is 30.0 Å². The number of rotatable bonds is 3. The average Bonchev–Trinajstić information content (AvgIpc) is 2.66. The largest absolute Gasteiger partial charge is 0.496 e. The van der Waals surface area contributed by atoms with Gasteiger partial charge in [0.2, 0.25) is 0 Å². The second-order valence-electron chi connectivity index (χ2n) is 3.32. The minimum Gasteiger partial charge on any atom is -0.496 e. The number of fused-ring (bicyclic) bond motifs is 1. The number of ether oxygens (including phenoxy) is 1. The highest BCUT2D eigenvalue weighted by atomic mass is 16.5. The van der Waals surface area contributed by atoms with Crippen molar-refractivity contribution in [3.63, 3.8) is 0 Å². The molecule has 0 atom stereocenters. The molecule has 0 N–H and O–H groups in total. The lowest BCUT2D eigenvalue weighted by molar-refractivity contribution is 0.111. The van der Waals surface area contributed by atoms with E-state index >= 15 is 0 Å². The van der Waals surface area contributed by atoms with Gasteiger partial charge in [0, 0.05) is 11.9 Å². The molecule has 0 saturated heterocycles. The molecule has 0 unspecified atom stereocenters. The smallest absolute Gasteiger partial charge is 0.166 e. The van der Waals surface area contributed by atoms with Crippen LogP contribution < -0.4 is 4.74 Å². The fourth-order valence-electron chi connectivity index (χ4n) is 1.91. The zero-order chi connectivity index (χ0) is 10.8. The molecule has 0 amide bonds. The lowest BCUT2D eigenvalue weighted by atomic mass is 10.2. The highest BCUT2D eigenvalue weighted by molar-refractivity contribution is 5.92. The maximum atomic E-state index is 10.9. The minimum atomic E-state index is 0.692. The van der Waals surface area contributed by atoms with Gasteiger partial charge < -0.3 is 9.30 Å². The van der Waals surface area contributed by atoms with Crippen molar-refractivity contribution in [1.29, 1.82) is 0 Å². The van der Waals surface area contributed by atoms with Gasteiger partial charge in [0.05, 0.1) is 18.3 Å². The Hall–Kier alpha value is -1.77. The molecular weight excluding hydrogens is 190 g/mol. The Kier molecular flexibility index (Phi) is 2.46. The number of carbonyl (C=O) groups excluding carboxylic acids is 1. The van der Waals surface area contributed by atoms with Crippen LogP contribution in [0.3, 0.4) is 0 Å². The van der Waals surface area contributed by atoms with Gasteiger partial charge in [-0.2, -0.15) is 0 Å². The number of aryl methyl sites for hydroxylation is 1. The molecule has 1 aromatic carbocycles. The summed E-state index contributed by atoms with van der Waals surface area (Å²) in [5.74, 6) is 0.808. The second-order valence-corrected chi connectivity index (χ2v) is 3.32. The molecule has 1 heterocycles. The minimum absolute atomic E-state index is 0.692. The van der Waals surface area contributed by atoms with Crippen molar-refractivity contribution in [2.75, 3.05) is 7.11 Å². The van der Waals surface area contributed by atoms with Gasteiger partial charge in [0.1, 0.15) is 5.75 Å². The molecule has 1 aromatic heterocycles. The summed E-state index contributed by atoms with van der Waals surface area (Å²) in [6.45, 7) is 2.80. The van der Waals surface area contributed by atoms with Crippen molar-refractivity contribution in [3.8, 4) is 5.75 Å². The van der Waals surface area contributed by atoms with Crippen LogP contribution in [0.4, 0.5) is 0 Å². The van der Waals surface area contributed by atoms with Crippen LogP contribution in [0.15, 0.2) is 24.3 Å². The molecule has 0 bridgehead atoms. The van der Waals surface area contributed by atoms with Gasteiger partial charge in [-0.25, -0.2) is 0 Å². The van der Waals surface area contributed by atoms with Crippen LogP contribution >= 0.6 is 0 Å². The topological polar surface area (TPSA) is 31.2 Å². The van der Waals surface area contributed by atoms with E-state index in [1.54, 1.807) is 7.11 Å². The molecule has 15 heavy (non-hydrogen) atoms. The Morgan fingerprint density at radius 2 is 2.27 bits per heavy atom. The van der Waals surface area contributed by atoms with E-state index in [4.69, 9.17) is 4.74 Å². The number of benzene rings is 1. The van der Waals surface area contributed by atoms with E-state index in [-0.39, 0.29) is 0 Å². The predicted octanol–water partition coefficient (Wildman–Crippen LogP) is 2.48. The van der Waals surface area contributed by atoms with Crippen LogP contribution in [-0.2, 0) is 6.54 Å². The molecule has 3 heteroatoms. The molecule has 0 fully saturated rings. The molecule has 3 nitrogen and oxygen atoms in total. The Bertz CT molecular complexity index is 500. The molecule has 0 saturated carbocycles. The molecule has 0 aliphatic heterocycles. The van der Waals surface area contributed by atoms with E-state index in [9.17, 15) is 4.79 Å². The number of hydrogen-bond donors (Lipinski definition) is 0. The Morgan fingerprint density at radius 1 is 1.47 bits per heavy atom. The molecule has 0 radical (unpaired) electrons. The number of nitrogens with zero attached hydrogens (tertiary/aromatic N) is 1. The highest BCUT2D eigenvalue weighted by Gasteiger charge is 2.09. The zero-order valence-electron chi connectivity index (χ0n) is 8.86. The van der Waals surface area contributed by atoms with Crippen molar-refractivity contribution in [1.82, 2.24) is 4.57 Å². The van der Waals surface area contributed by atoms with Crippen molar-refractivity contribution in [2.24, 2.45) is 0 Å². The molecular formula is C12H13NO2. The van der Waals surface area contributed by atoms with Crippen LogP contribution in [-0.4, -0.2) is 18.0 Å². The summed E-state index contributed by atoms with van der Waals surface area (Å²) in [5.41, 5.74) is 1.73. The maximum absolute atomic E-state index is 10.9. The van der Waals surface area contributed by atoms with E-state index in [1.807, 2.05) is 35.8 Å². The lowest BCUT2D eigenvalue weighted by Gasteiger charge is -2.04. The van der Waals surface area contributed by atoms with Gasteiger partial charge >= 0.3 is 0 Å². The molecule has 78 valence electrons. The molecule has 0 aliphatic rings. The summed E-state index contributed by atoms with van der Waals surface area (Å²) in [6.07, 6.45) is 0.878. The SMILES string of the molecule is CCn1c(C=O)cc2c(OC)cccc21. The third-order valence-corrected chi connectivity index (χ3v) is 2.59. The Morgan fingerprint density at radius 3 is 2.87 bits per heavy atom. The van der Waals surface area contributed by atoms with Crippen LogP contribution in [0.2, 0.25) is 0 Å². The second kappa shape index (κ2) is 3.77. The number of hydrogen-bond acceptors (Lipinski definition) is 2. The van der Waals surface area contributed by atoms with Gasteiger partial charge in [-0.15, -0.1) is 0 Å². The lowest BCUT2D eigenvalue weighted by Crippen LogP contribution is -1.98. The van der Waals surface area contributed by atoms with Crippen LogP contribution in [0.25, 0.3) is 10.9 Å². The number of methoxy groups -OCH3 is 1. The van der Waals surface area contributed by atoms with Crippen LogP contribution in [0.1, 0.15) is 17.4 Å². The first-order valence-corrected chi connectivity index (χ1v) is 4.93. The fraction of sp³-hybridized carbons (Fsp3) is 0.250. The summed E-state index contributed by atoms with van der Waals surface area (Å²) in [6, 6.07) is 7.69. The molecule has 0 aliphatic carbocycles. The molecule has 2 aromatic rings. The first-order valence-electron chi connectivity index (χ1n) is 4.93. The monoisotopic (exact) mass is 203 g/mol. The van der Waals surface area contributed by atoms with Crippen molar-refractivity contribution >= 4 is 17.2 Å². The summed E-state index contributed by atoms with van der Waals surface area (Å²) in [4.78, 5) is 10.9. The van der Waals surface area contributed by atoms with E-state index in [1.165, 1.54) is 0 Å². The number of aromatic nitrogens is 1. The normalized spacial score (nSPS) is 10.5. The standard InChI is InChI=1S/C12H13NO2/c1-3-13-9(8-14)7-10-11(13)5-4-6-12(10)15-2/h4-8H,3H2,1-2H3. The van der Waals surface area contributed by atoms with Crippen LogP contribution in [0.5, 0.6) is 5.75 Å². The number of aldehydes is 1. The number of carbonyl (C=O) groups is 1. The summed E-state index contributed by atoms with van der Waals surface area (Å²) >= 11 is 0. The highest BCUT2D eigenvalue weighted by Crippen LogP contribution is 2.28. The predicted molar refractivity (Wildman–Crippen MR) is 59.6 cm³/mol. The molecule has 0 spiro atoms. The quantitative estimate of drug-likeness (QED) is 0.717. The van der Waals surface area contributed by atoms with Gasteiger partial charge in [0.25, 0.3) is 0 Å². The van der Waals surface area contributed by atoms with E-state index in [0.29, 0.717) is 5.69 Å². The first-order chi connectivity index (χ1) is 7.31. The van der Waals surface area contributed by atoms with Gasteiger partial charge in [-0.1, -0.05) is 6.07 Å². The van der Waals surface area contributed by atoms with Crippen molar-refractivity contribution in [2.45, 2.75) is 13.5 Å².